The lowest BCUT2D eigenvalue weighted by Gasteiger charge is -2.33. The van der Waals surface area contributed by atoms with Crippen molar-refractivity contribution < 1.29 is 30.8 Å². The molecule has 1 aromatic carbocycles. The highest BCUT2D eigenvalue weighted by atomic mass is 32.2. The monoisotopic (exact) mass is 435 g/mol. The molecule has 0 aliphatic carbocycles. The number of hydrogen-bond donors (Lipinski definition) is 0. The number of amides is 1. The van der Waals surface area contributed by atoms with Gasteiger partial charge in [-0.25, -0.2) is 17.5 Å². The largest absolute Gasteiger partial charge is 0.435 e. The summed E-state index contributed by atoms with van der Waals surface area (Å²) >= 11 is 0. The SMILES string of the molecule is CCS(=O)(=O)N1CCN(C(=O)c2nnn(-c3cccc(F)c3)c2C(F)(F)F)CC1. The molecule has 1 saturated heterocycles. The molecule has 0 bridgehead atoms. The quantitative estimate of drug-likeness (QED) is 0.680. The van der Waals surface area contributed by atoms with Crippen LogP contribution in [-0.2, 0) is 16.2 Å². The lowest BCUT2D eigenvalue weighted by Crippen LogP contribution is -2.51. The molecule has 0 spiro atoms. The van der Waals surface area contributed by atoms with Gasteiger partial charge in [-0.15, -0.1) is 5.10 Å². The summed E-state index contributed by atoms with van der Waals surface area (Å²) in [4.78, 5) is 13.8. The molecule has 3 rings (SSSR count). The molecule has 0 radical (unpaired) electrons. The Balaban J connectivity index is 1.91. The zero-order valence-corrected chi connectivity index (χ0v) is 16.0. The topological polar surface area (TPSA) is 88.4 Å². The average molecular weight is 435 g/mol. The second kappa shape index (κ2) is 7.71. The van der Waals surface area contributed by atoms with Crippen LogP contribution in [0.1, 0.15) is 23.1 Å². The number of alkyl halides is 3. The van der Waals surface area contributed by atoms with Crippen molar-refractivity contribution in [2.75, 3.05) is 31.9 Å². The number of nitrogens with zero attached hydrogens (tertiary/aromatic N) is 5. The molecule has 0 atom stereocenters. The first-order valence-corrected chi connectivity index (χ1v) is 10.2. The van der Waals surface area contributed by atoms with Crippen LogP contribution in [0.25, 0.3) is 5.69 Å². The minimum absolute atomic E-state index is 0.0265. The Hall–Kier alpha value is -2.54. The van der Waals surface area contributed by atoms with Crippen LogP contribution in [0.15, 0.2) is 24.3 Å². The molecule has 13 heteroatoms. The molecule has 1 amide bonds. The van der Waals surface area contributed by atoms with E-state index in [1.54, 1.807) is 0 Å². The van der Waals surface area contributed by atoms with E-state index in [0.717, 1.165) is 17.0 Å². The first-order chi connectivity index (χ1) is 13.5. The van der Waals surface area contributed by atoms with Gasteiger partial charge in [-0.1, -0.05) is 11.3 Å². The summed E-state index contributed by atoms with van der Waals surface area (Å²) in [5.74, 6) is -1.90. The highest BCUT2D eigenvalue weighted by Crippen LogP contribution is 2.33. The Morgan fingerprint density at radius 1 is 1.17 bits per heavy atom. The molecule has 29 heavy (non-hydrogen) atoms. The Morgan fingerprint density at radius 3 is 2.38 bits per heavy atom. The van der Waals surface area contributed by atoms with Crippen LogP contribution >= 0.6 is 0 Å². The predicted molar refractivity (Wildman–Crippen MR) is 93.3 cm³/mol. The number of aromatic nitrogens is 3. The van der Waals surface area contributed by atoms with Crippen LogP contribution in [0, 0.1) is 5.82 Å². The second-order valence-corrected chi connectivity index (χ2v) is 8.53. The van der Waals surface area contributed by atoms with Crippen molar-refractivity contribution in [2.24, 2.45) is 0 Å². The number of benzene rings is 1. The van der Waals surface area contributed by atoms with Crippen molar-refractivity contribution in [1.29, 1.82) is 0 Å². The summed E-state index contributed by atoms with van der Waals surface area (Å²) in [6.07, 6.45) is -4.98. The van der Waals surface area contributed by atoms with E-state index >= 15 is 0 Å². The molecule has 1 aromatic heterocycles. The summed E-state index contributed by atoms with van der Waals surface area (Å²) in [5.41, 5.74) is -2.58. The Kier molecular flexibility index (Phi) is 5.63. The molecule has 0 unspecified atom stereocenters. The molecule has 1 fully saturated rings. The zero-order valence-electron chi connectivity index (χ0n) is 15.2. The molecule has 2 heterocycles. The molecule has 1 aliphatic rings. The highest BCUT2D eigenvalue weighted by molar-refractivity contribution is 7.89. The van der Waals surface area contributed by atoms with E-state index in [1.807, 2.05) is 0 Å². The number of piperazine rings is 1. The standard InChI is InChI=1S/C16H17F4N5O3S/c1-2-29(27,28)24-8-6-23(7-9-24)15(26)13-14(16(18,19)20)25(22-21-13)12-5-3-4-11(17)10-12/h3-5,10H,2,6-9H2,1H3. The lowest BCUT2D eigenvalue weighted by atomic mass is 10.2. The fraction of sp³-hybridized carbons (Fsp3) is 0.438. The first kappa shape index (κ1) is 21.2. The minimum atomic E-state index is -4.98. The number of sulfonamides is 1. The van der Waals surface area contributed by atoms with E-state index in [9.17, 15) is 30.8 Å². The molecule has 1 aliphatic heterocycles. The molecular formula is C16H17F4N5O3S. The normalized spacial score (nSPS) is 16.2. The highest BCUT2D eigenvalue weighted by Gasteiger charge is 2.43. The van der Waals surface area contributed by atoms with E-state index in [2.05, 4.69) is 10.3 Å². The van der Waals surface area contributed by atoms with Crippen LogP contribution in [0.2, 0.25) is 0 Å². The number of rotatable bonds is 4. The van der Waals surface area contributed by atoms with Crippen LogP contribution in [-0.4, -0.2) is 70.5 Å². The Labute approximate surface area is 163 Å². The summed E-state index contributed by atoms with van der Waals surface area (Å²) in [7, 11) is -3.45. The fourth-order valence-corrected chi connectivity index (χ4v) is 4.06. The number of carbonyl (C=O) groups is 1. The van der Waals surface area contributed by atoms with Gasteiger partial charge < -0.3 is 4.90 Å². The summed E-state index contributed by atoms with van der Waals surface area (Å²) in [5, 5.41) is 6.80. The van der Waals surface area contributed by atoms with Crippen molar-refractivity contribution in [3.8, 4) is 5.69 Å². The van der Waals surface area contributed by atoms with E-state index in [-0.39, 0.29) is 37.6 Å². The number of halogens is 4. The maximum atomic E-state index is 13.7. The van der Waals surface area contributed by atoms with Gasteiger partial charge in [0.05, 0.1) is 11.4 Å². The van der Waals surface area contributed by atoms with Gasteiger partial charge in [-0.2, -0.15) is 17.5 Å². The third kappa shape index (κ3) is 4.24. The van der Waals surface area contributed by atoms with Crippen LogP contribution in [0.3, 0.4) is 0 Å². The summed E-state index contributed by atoms with van der Waals surface area (Å²) in [6.45, 7) is 1.26. The summed E-state index contributed by atoms with van der Waals surface area (Å²) < 4.78 is 79.8. The minimum Gasteiger partial charge on any atom is -0.335 e. The van der Waals surface area contributed by atoms with E-state index < -0.39 is 39.3 Å². The van der Waals surface area contributed by atoms with Crippen molar-refractivity contribution in [2.45, 2.75) is 13.1 Å². The molecule has 0 saturated carbocycles. The molecular weight excluding hydrogens is 418 g/mol. The van der Waals surface area contributed by atoms with Crippen LogP contribution < -0.4 is 0 Å². The van der Waals surface area contributed by atoms with Gasteiger partial charge in [0.1, 0.15) is 5.82 Å². The van der Waals surface area contributed by atoms with Crippen molar-refractivity contribution in [3.05, 3.63) is 41.5 Å². The van der Waals surface area contributed by atoms with Crippen LogP contribution in [0.5, 0.6) is 0 Å². The van der Waals surface area contributed by atoms with Gasteiger partial charge in [0.15, 0.2) is 11.4 Å². The number of hydrogen-bond acceptors (Lipinski definition) is 5. The summed E-state index contributed by atoms with van der Waals surface area (Å²) in [6, 6.07) is 4.31. The van der Waals surface area contributed by atoms with Crippen LogP contribution in [0.4, 0.5) is 17.6 Å². The Bertz CT molecular complexity index is 1010. The molecule has 2 aromatic rings. The van der Waals surface area contributed by atoms with Crippen molar-refractivity contribution in [3.63, 3.8) is 0 Å². The maximum absolute atomic E-state index is 13.7. The molecule has 8 nitrogen and oxygen atoms in total. The smallest absolute Gasteiger partial charge is 0.335 e. The van der Waals surface area contributed by atoms with Gasteiger partial charge in [0.25, 0.3) is 5.91 Å². The lowest BCUT2D eigenvalue weighted by molar-refractivity contribution is -0.143. The van der Waals surface area contributed by atoms with E-state index in [0.29, 0.717) is 4.68 Å². The number of carbonyl (C=O) groups excluding carboxylic acids is 1. The van der Waals surface area contributed by atoms with E-state index in [4.69, 9.17) is 0 Å². The van der Waals surface area contributed by atoms with E-state index in [1.165, 1.54) is 23.4 Å². The third-order valence-electron chi connectivity index (χ3n) is 4.48. The average Bonchev–Trinajstić information content (AvgIpc) is 3.13. The molecule has 158 valence electrons. The van der Waals surface area contributed by atoms with Gasteiger partial charge in [-0.05, 0) is 25.1 Å². The van der Waals surface area contributed by atoms with Gasteiger partial charge in [0.2, 0.25) is 10.0 Å². The predicted octanol–water partition coefficient (Wildman–Crippen LogP) is 1.53. The van der Waals surface area contributed by atoms with Gasteiger partial charge >= 0.3 is 6.18 Å². The third-order valence-corrected chi connectivity index (χ3v) is 6.36. The molecule has 0 N–H and O–H groups in total. The van der Waals surface area contributed by atoms with Gasteiger partial charge in [0, 0.05) is 26.2 Å². The fourth-order valence-electron chi connectivity index (χ4n) is 2.97. The van der Waals surface area contributed by atoms with Crippen molar-refractivity contribution >= 4 is 15.9 Å². The Morgan fingerprint density at radius 2 is 1.83 bits per heavy atom. The second-order valence-electron chi connectivity index (χ2n) is 6.27. The maximum Gasteiger partial charge on any atom is 0.435 e. The first-order valence-electron chi connectivity index (χ1n) is 8.60. The van der Waals surface area contributed by atoms with Crippen molar-refractivity contribution in [1.82, 2.24) is 24.2 Å². The zero-order chi connectivity index (χ0) is 21.4. The van der Waals surface area contributed by atoms with Gasteiger partial charge in [-0.3, -0.25) is 4.79 Å².